The van der Waals surface area contributed by atoms with E-state index in [9.17, 15) is 0 Å². The molecule has 92 valence electrons. The van der Waals surface area contributed by atoms with Crippen LogP contribution in [0.3, 0.4) is 0 Å². The molecule has 0 radical (unpaired) electrons. The average Bonchev–Trinajstić information content (AvgIpc) is 2.34. The lowest BCUT2D eigenvalue weighted by atomic mass is 10.2. The van der Waals surface area contributed by atoms with Crippen molar-refractivity contribution in [1.29, 1.82) is 0 Å². The molecule has 0 rings (SSSR count). The highest BCUT2D eigenvalue weighted by Crippen LogP contribution is 2.06. The number of allylic oxidation sites excluding steroid dienone is 1. The maximum absolute atomic E-state index is 5.23. The maximum atomic E-state index is 5.23. The van der Waals surface area contributed by atoms with Crippen LogP contribution in [0.1, 0.15) is 20.3 Å². The quantitative estimate of drug-likeness (QED) is 0.440. The normalized spacial score (nSPS) is 14.9. The first-order valence-electron chi connectivity index (χ1n) is 5.27. The summed E-state index contributed by atoms with van der Waals surface area (Å²) in [6.07, 6.45) is 7.32. The molecule has 0 amide bonds. The zero-order valence-corrected chi connectivity index (χ0v) is 10.6. The first-order valence-corrected chi connectivity index (χ1v) is 5.27. The van der Waals surface area contributed by atoms with Crippen molar-refractivity contribution in [2.75, 3.05) is 7.05 Å². The maximum Gasteiger partial charge on any atom is 0.151 e. The molecule has 0 unspecified atom stereocenters. The largest absolute Gasteiger partial charge is 0.390 e. The lowest BCUT2D eigenvalue weighted by Crippen LogP contribution is -2.00. The number of rotatable bonds is 5. The molecule has 0 aromatic heterocycles. The minimum absolute atomic E-state index is 0.557. The van der Waals surface area contributed by atoms with Crippen LogP contribution < -0.4 is 5.73 Å². The van der Waals surface area contributed by atoms with Crippen molar-refractivity contribution in [2.45, 2.75) is 20.3 Å². The van der Waals surface area contributed by atoms with Crippen molar-refractivity contribution >= 4 is 25.1 Å². The van der Waals surface area contributed by atoms with Crippen LogP contribution >= 0.6 is 0 Å². The van der Waals surface area contributed by atoms with Crippen LogP contribution in [-0.2, 0) is 0 Å². The molecule has 5 nitrogen and oxygen atoms in total. The van der Waals surface area contributed by atoms with Gasteiger partial charge in [0, 0.05) is 13.3 Å². The Bertz CT molecular complexity index is 386. The van der Waals surface area contributed by atoms with E-state index in [1.165, 1.54) is 6.34 Å². The number of aliphatic imine (C=N–C) groups is 4. The zero-order valence-electron chi connectivity index (χ0n) is 10.6. The topological polar surface area (TPSA) is 75.5 Å². The van der Waals surface area contributed by atoms with E-state index in [4.69, 9.17) is 5.73 Å². The van der Waals surface area contributed by atoms with Crippen LogP contribution in [-0.4, -0.2) is 32.2 Å². The molecular weight excluding hydrogens is 214 g/mol. The van der Waals surface area contributed by atoms with Crippen LogP contribution in [0.2, 0.25) is 0 Å². The summed E-state index contributed by atoms with van der Waals surface area (Å²) < 4.78 is 0. The third kappa shape index (κ3) is 6.19. The number of hydrogen-bond acceptors (Lipinski definition) is 3. The van der Waals surface area contributed by atoms with Gasteiger partial charge in [-0.15, -0.1) is 0 Å². The van der Waals surface area contributed by atoms with E-state index in [1.54, 1.807) is 25.5 Å². The Kier molecular flexibility index (Phi) is 8.10. The SMILES string of the molecule is C=NC(=C\N=CCC)/C=C(\C)C(N=CN)=NC. The summed E-state index contributed by atoms with van der Waals surface area (Å²) in [5, 5.41) is 0. The Labute approximate surface area is 102 Å². The van der Waals surface area contributed by atoms with Gasteiger partial charge in [0.25, 0.3) is 0 Å². The Morgan fingerprint density at radius 2 is 2.12 bits per heavy atom. The van der Waals surface area contributed by atoms with Gasteiger partial charge in [-0.25, -0.2) is 4.99 Å². The molecule has 2 N–H and O–H groups in total. The molecular formula is C12H19N5. The Balaban J connectivity index is 5.02. The second kappa shape index (κ2) is 9.21. The monoisotopic (exact) mass is 233 g/mol. The Morgan fingerprint density at radius 3 is 2.59 bits per heavy atom. The van der Waals surface area contributed by atoms with Crippen LogP contribution in [0.15, 0.2) is 43.5 Å². The summed E-state index contributed by atoms with van der Waals surface area (Å²) in [6, 6.07) is 0. The molecule has 0 aliphatic rings. The molecule has 0 spiro atoms. The summed E-state index contributed by atoms with van der Waals surface area (Å²) in [5.74, 6) is 0.557. The zero-order chi connectivity index (χ0) is 13.1. The Morgan fingerprint density at radius 1 is 1.41 bits per heavy atom. The van der Waals surface area contributed by atoms with E-state index < -0.39 is 0 Å². The fourth-order valence-corrected chi connectivity index (χ4v) is 1.05. The van der Waals surface area contributed by atoms with Gasteiger partial charge in [0.1, 0.15) is 0 Å². The number of nitrogens with two attached hydrogens (primary N) is 1. The van der Waals surface area contributed by atoms with Crippen molar-refractivity contribution in [3.63, 3.8) is 0 Å². The molecule has 0 atom stereocenters. The van der Waals surface area contributed by atoms with Gasteiger partial charge in [-0.05, 0) is 31.7 Å². The molecule has 0 saturated carbocycles. The third-order valence-corrected chi connectivity index (χ3v) is 1.80. The molecule has 0 aromatic rings. The van der Waals surface area contributed by atoms with E-state index in [1.807, 2.05) is 13.8 Å². The van der Waals surface area contributed by atoms with E-state index in [2.05, 4.69) is 26.7 Å². The predicted octanol–water partition coefficient (Wildman–Crippen LogP) is 1.97. The first-order chi connectivity index (χ1) is 8.19. The predicted molar refractivity (Wildman–Crippen MR) is 76.2 cm³/mol. The minimum Gasteiger partial charge on any atom is -0.390 e. The molecule has 0 aliphatic heterocycles. The van der Waals surface area contributed by atoms with Crippen molar-refractivity contribution in [3.05, 3.63) is 23.5 Å². The van der Waals surface area contributed by atoms with E-state index >= 15 is 0 Å². The third-order valence-electron chi connectivity index (χ3n) is 1.80. The Hall–Kier alpha value is -2.04. The van der Waals surface area contributed by atoms with Crippen molar-refractivity contribution in [2.24, 2.45) is 25.7 Å². The van der Waals surface area contributed by atoms with E-state index in [0.717, 1.165) is 12.0 Å². The smallest absolute Gasteiger partial charge is 0.151 e. The summed E-state index contributed by atoms with van der Waals surface area (Å²) in [7, 11) is 1.65. The highest BCUT2D eigenvalue weighted by atomic mass is 14.9. The van der Waals surface area contributed by atoms with Crippen LogP contribution in [0.5, 0.6) is 0 Å². The number of hydrogen-bond donors (Lipinski definition) is 1. The highest BCUT2D eigenvalue weighted by Gasteiger charge is 1.98. The standard InChI is InChI=1S/C12H19N5/c1-5-6-16-8-11(14-3)7-10(2)12(15-4)17-9-13/h6-9H,3,5H2,1-2,4H3,(H2,13,15,17)/b10-7+,11-8-,16-6?. The molecule has 0 heterocycles. The average molecular weight is 233 g/mol. The molecule has 0 aromatic carbocycles. The molecule has 0 fully saturated rings. The van der Waals surface area contributed by atoms with Gasteiger partial charge >= 0.3 is 0 Å². The van der Waals surface area contributed by atoms with Gasteiger partial charge in [0.05, 0.1) is 18.2 Å². The van der Waals surface area contributed by atoms with Gasteiger partial charge in [-0.3, -0.25) is 15.0 Å². The summed E-state index contributed by atoms with van der Waals surface area (Å²) in [4.78, 5) is 15.9. The number of nitrogens with zero attached hydrogens (tertiary/aromatic N) is 4. The molecule has 0 aliphatic carbocycles. The fraction of sp³-hybridized carbons (Fsp3) is 0.333. The van der Waals surface area contributed by atoms with Crippen LogP contribution in [0, 0.1) is 0 Å². The van der Waals surface area contributed by atoms with Gasteiger partial charge in [0.15, 0.2) is 5.84 Å². The summed E-state index contributed by atoms with van der Waals surface area (Å²) >= 11 is 0. The lowest BCUT2D eigenvalue weighted by Gasteiger charge is -1.99. The van der Waals surface area contributed by atoms with Gasteiger partial charge in [0.2, 0.25) is 0 Å². The van der Waals surface area contributed by atoms with Crippen LogP contribution in [0.25, 0.3) is 0 Å². The first kappa shape index (κ1) is 15.0. The van der Waals surface area contributed by atoms with Crippen molar-refractivity contribution in [1.82, 2.24) is 0 Å². The minimum atomic E-state index is 0.557. The lowest BCUT2D eigenvalue weighted by molar-refractivity contribution is 1.29. The molecule has 5 heteroatoms. The number of amidine groups is 1. The van der Waals surface area contributed by atoms with E-state index in [0.29, 0.717) is 11.5 Å². The van der Waals surface area contributed by atoms with Crippen LogP contribution in [0.4, 0.5) is 0 Å². The van der Waals surface area contributed by atoms with Gasteiger partial charge in [-0.2, -0.15) is 0 Å². The van der Waals surface area contributed by atoms with Gasteiger partial charge < -0.3 is 5.73 Å². The molecule has 17 heavy (non-hydrogen) atoms. The second-order valence-corrected chi connectivity index (χ2v) is 3.10. The van der Waals surface area contributed by atoms with Crippen molar-refractivity contribution in [3.8, 4) is 0 Å². The molecule has 0 saturated heterocycles. The van der Waals surface area contributed by atoms with Gasteiger partial charge in [-0.1, -0.05) is 6.92 Å². The van der Waals surface area contributed by atoms with E-state index in [-0.39, 0.29) is 0 Å². The van der Waals surface area contributed by atoms with Crippen molar-refractivity contribution < 1.29 is 0 Å². The highest BCUT2D eigenvalue weighted by molar-refractivity contribution is 6.02. The summed E-state index contributed by atoms with van der Waals surface area (Å²) in [6.45, 7) is 7.37. The molecule has 0 bridgehead atoms. The second-order valence-electron chi connectivity index (χ2n) is 3.10. The fourth-order valence-electron chi connectivity index (χ4n) is 1.05. The summed E-state index contributed by atoms with van der Waals surface area (Å²) in [5.41, 5.74) is 6.73.